The number of aromatic amines is 1. The molecule has 0 spiro atoms. The van der Waals surface area contributed by atoms with Gasteiger partial charge in [-0.3, -0.25) is 0 Å². The summed E-state index contributed by atoms with van der Waals surface area (Å²) in [7, 11) is 0. The van der Waals surface area contributed by atoms with E-state index in [1.165, 1.54) is 11.8 Å². The molecule has 5 nitrogen and oxygen atoms in total. The Kier molecular flexibility index (Phi) is 2.47. The molecule has 0 unspecified atom stereocenters. The highest BCUT2D eigenvalue weighted by Crippen LogP contribution is 2.07. The maximum Gasteiger partial charge on any atom is 0.206 e. The fourth-order valence-electron chi connectivity index (χ4n) is 0.350. The van der Waals surface area contributed by atoms with Gasteiger partial charge in [0.1, 0.15) is 0 Å². The number of thioether (sulfide) groups is 1. The molecule has 1 radical (unpaired) electrons. The van der Waals surface area contributed by atoms with Crippen LogP contribution in [0.1, 0.15) is 0 Å². The van der Waals surface area contributed by atoms with Crippen LogP contribution in [0.2, 0.25) is 0 Å². The average Bonchev–Trinajstić information content (AvgIpc) is 2.34. The maximum atomic E-state index is 9.92. The average molecular weight is 145 g/mol. The van der Waals surface area contributed by atoms with Crippen molar-refractivity contribution in [1.82, 2.24) is 20.6 Å². The Morgan fingerprint density at radius 2 is 2.56 bits per heavy atom. The van der Waals surface area contributed by atoms with Crippen LogP contribution in [0.4, 0.5) is 0 Å². The van der Waals surface area contributed by atoms with Crippen molar-refractivity contribution in [3.8, 4) is 0 Å². The highest BCUT2D eigenvalue weighted by atomic mass is 32.2. The summed E-state index contributed by atoms with van der Waals surface area (Å²) in [6.45, 7) is -0.106. The summed E-state index contributed by atoms with van der Waals surface area (Å²) in [4.78, 5) is 0. The van der Waals surface area contributed by atoms with E-state index in [1.807, 2.05) is 0 Å². The first-order chi connectivity index (χ1) is 4.43. The molecule has 0 aliphatic rings. The van der Waals surface area contributed by atoms with Crippen LogP contribution in [0.3, 0.4) is 0 Å². The zero-order valence-electron chi connectivity index (χ0n) is 4.57. The maximum absolute atomic E-state index is 9.92. The predicted octanol–water partition coefficient (Wildman–Crippen LogP) is -0.278. The topological polar surface area (TPSA) is 74.4 Å². The molecule has 9 heavy (non-hydrogen) atoms. The minimum absolute atomic E-state index is 0.106. The molecule has 1 N–H and O–H groups in total. The van der Waals surface area contributed by atoms with E-state index in [2.05, 4.69) is 20.6 Å². The minimum atomic E-state index is -0.106. The molecule has 0 atom stereocenters. The van der Waals surface area contributed by atoms with Gasteiger partial charge < -0.3 is 0 Å². The van der Waals surface area contributed by atoms with Crippen LogP contribution >= 0.6 is 11.8 Å². The second kappa shape index (κ2) is 3.41. The van der Waals surface area contributed by atoms with Gasteiger partial charge in [-0.2, -0.15) is 0 Å². The number of aromatic nitrogens is 4. The van der Waals surface area contributed by atoms with Crippen LogP contribution in [0.25, 0.3) is 0 Å². The monoisotopic (exact) mass is 145 g/mol. The van der Waals surface area contributed by atoms with E-state index < -0.39 is 0 Å². The smallest absolute Gasteiger partial charge is 0.206 e. The molecular weight excluding hydrogens is 140 g/mol. The van der Waals surface area contributed by atoms with E-state index >= 15 is 0 Å². The lowest BCUT2D eigenvalue weighted by Crippen LogP contribution is -1.84. The zero-order chi connectivity index (χ0) is 6.53. The van der Waals surface area contributed by atoms with Crippen molar-refractivity contribution in [3.05, 3.63) is 0 Å². The van der Waals surface area contributed by atoms with Gasteiger partial charge in [-0.25, -0.2) is 10.2 Å². The lowest BCUT2D eigenvalue weighted by atomic mass is 10.9. The second-order valence-electron chi connectivity index (χ2n) is 1.26. The van der Waals surface area contributed by atoms with Gasteiger partial charge in [-0.15, -0.1) is 5.10 Å². The molecule has 49 valence electrons. The van der Waals surface area contributed by atoms with Gasteiger partial charge in [0.2, 0.25) is 5.16 Å². The molecule has 0 saturated carbocycles. The lowest BCUT2D eigenvalue weighted by Gasteiger charge is -1.85. The summed E-state index contributed by atoms with van der Waals surface area (Å²) >= 11 is 1.32. The first kappa shape index (κ1) is 6.50. The molecule has 1 aromatic heterocycles. The zero-order valence-corrected chi connectivity index (χ0v) is 5.39. The van der Waals surface area contributed by atoms with Crippen LogP contribution in [-0.4, -0.2) is 33.0 Å². The Morgan fingerprint density at radius 1 is 1.67 bits per heavy atom. The van der Waals surface area contributed by atoms with Crippen molar-refractivity contribution in [2.45, 2.75) is 5.16 Å². The van der Waals surface area contributed by atoms with Gasteiger partial charge in [-0.05, 0) is 10.4 Å². The Bertz CT molecular complexity index is 153. The van der Waals surface area contributed by atoms with E-state index in [-0.39, 0.29) is 6.61 Å². The van der Waals surface area contributed by atoms with Crippen LogP contribution in [0.5, 0.6) is 0 Å². The van der Waals surface area contributed by atoms with Crippen LogP contribution in [-0.2, 0) is 5.11 Å². The first-order valence-electron chi connectivity index (χ1n) is 2.38. The molecule has 1 heterocycles. The number of tetrazole rings is 1. The molecule has 1 aromatic rings. The highest BCUT2D eigenvalue weighted by Gasteiger charge is 1.94. The summed E-state index contributed by atoms with van der Waals surface area (Å²) in [5.41, 5.74) is 0. The summed E-state index contributed by atoms with van der Waals surface area (Å²) in [5, 5.41) is 23.3. The van der Waals surface area contributed by atoms with Crippen molar-refractivity contribution in [1.29, 1.82) is 0 Å². The summed E-state index contributed by atoms with van der Waals surface area (Å²) < 4.78 is 0. The largest absolute Gasteiger partial charge is 0.236 e. The van der Waals surface area contributed by atoms with Crippen LogP contribution in [0, 0.1) is 0 Å². The number of H-pyrrole nitrogens is 1. The molecule has 0 saturated heterocycles. The van der Waals surface area contributed by atoms with Crippen LogP contribution < -0.4 is 0 Å². The van der Waals surface area contributed by atoms with Gasteiger partial charge in [0.25, 0.3) is 0 Å². The third-order valence-corrected chi connectivity index (χ3v) is 1.47. The molecule has 0 aliphatic carbocycles. The lowest BCUT2D eigenvalue weighted by molar-refractivity contribution is 0.215. The minimum Gasteiger partial charge on any atom is -0.236 e. The van der Waals surface area contributed by atoms with E-state index in [9.17, 15) is 5.11 Å². The highest BCUT2D eigenvalue weighted by molar-refractivity contribution is 7.99. The van der Waals surface area contributed by atoms with Crippen molar-refractivity contribution >= 4 is 11.8 Å². The Morgan fingerprint density at radius 3 is 3.11 bits per heavy atom. The third kappa shape index (κ3) is 1.98. The number of nitrogens with one attached hydrogen (secondary N) is 1. The molecule has 0 aliphatic heterocycles. The number of nitrogens with zero attached hydrogens (tertiary/aromatic N) is 3. The fraction of sp³-hybridized carbons (Fsp3) is 0.667. The van der Waals surface area contributed by atoms with Crippen molar-refractivity contribution in [2.24, 2.45) is 0 Å². The normalized spacial score (nSPS) is 9.89. The van der Waals surface area contributed by atoms with Crippen molar-refractivity contribution in [2.75, 3.05) is 12.4 Å². The molecule has 0 bridgehead atoms. The SMILES string of the molecule is [O]CCSc1nnn[nH]1. The van der Waals surface area contributed by atoms with Gasteiger partial charge in [0.05, 0.1) is 6.61 Å². The first-order valence-corrected chi connectivity index (χ1v) is 3.36. The molecule has 1 rings (SSSR count). The third-order valence-electron chi connectivity index (χ3n) is 0.648. The van der Waals surface area contributed by atoms with Crippen molar-refractivity contribution < 1.29 is 5.11 Å². The number of rotatable bonds is 3. The molecule has 0 amide bonds. The molecule has 0 aromatic carbocycles. The Hall–Kier alpha value is -0.620. The van der Waals surface area contributed by atoms with Gasteiger partial charge in [0, 0.05) is 5.75 Å². The summed E-state index contributed by atoms with van der Waals surface area (Å²) in [5.74, 6) is 0.511. The van der Waals surface area contributed by atoms with E-state index in [0.717, 1.165) is 0 Å². The Balaban J connectivity index is 2.30. The van der Waals surface area contributed by atoms with E-state index in [1.54, 1.807) is 0 Å². The fourth-order valence-corrected chi connectivity index (χ4v) is 0.826. The predicted molar refractivity (Wildman–Crippen MR) is 30.5 cm³/mol. The summed E-state index contributed by atoms with van der Waals surface area (Å²) in [6.07, 6.45) is 0. The number of hydrogen-bond acceptors (Lipinski definition) is 4. The summed E-state index contributed by atoms with van der Waals surface area (Å²) in [6, 6.07) is 0. The molecular formula is C3H5N4OS. The van der Waals surface area contributed by atoms with Gasteiger partial charge >= 0.3 is 0 Å². The quantitative estimate of drug-likeness (QED) is 0.594. The number of hydrogen-bond donors (Lipinski definition) is 1. The molecule has 6 heteroatoms. The van der Waals surface area contributed by atoms with E-state index in [0.29, 0.717) is 10.9 Å². The van der Waals surface area contributed by atoms with Gasteiger partial charge in [-0.1, -0.05) is 11.8 Å². The molecule has 0 fully saturated rings. The van der Waals surface area contributed by atoms with Crippen molar-refractivity contribution in [3.63, 3.8) is 0 Å². The second-order valence-corrected chi connectivity index (χ2v) is 2.34. The Labute approximate surface area is 55.9 Å². The standard InChI is InChI=1S/C3H5N4OS/c8-1-2-9-3-4-6-7-5-3/h1-2H2,(H,4,5,6,7). The van der Waals surface area contributed by atoms with Gasteiger partial charge in [0.15, 0.2) is 0 Å². The van der Waals surface area contributed by atoms with E-state index in [4.69, 9.17) is 0 Å². The van der Waals surface area contributed by atoms with Crippen LogP contribution in [0.15, 0.2) is 5.16 Å².